The number of fused-ring (bicyclic) bond motifs is 1. The molecule has 0 N–H and O–H groups in total. The summed E-state index contributed by atoms with van der Waals surface area (Å²) in [5.74, 6) is 7.45. The molecule has 4 aromatic carbocycles. The van der Waals surface area contributed by atoms with Crippen molar-refractivity contribution < 1.29 is 33.4 Å². The molecule has 0 aromatic heterocycles. The first-order valence-corrected chi connectivity index (χ1v) is 23.9. The van der Waals surface area contributed by atoms with E-state index in [4.69, 9.17) is 30.1 Å². The first-order valence-electron chi connectivity index (χ1n) is 14.4. The molecule has 0 unspecified atom stereocenters. The second-order valence-electron chi connectivity index (χ2n) is 11.9. The van der Waals surface area contributed by atoms with Crippen molar-refractivity contribution in [3.05, 3.63) is 108 Å². The molecule has 4 aromatic rings. The summed E-state index contributed by atoms with van der Waals surface area (Å²) in [6.07, 6.45) is 10.3. The summed E-state index contributed by atoms with van der Waals surface area (Å²) in [6, 6.07) is 27.1. The highest BCUT2D eigenvalue weighted by Crippen LogP contribution is 2.37. The Morgan fingerprint density at radius 1 is 0.667 bits per heavy atom. The Kier molecular flexibility index (Phi) is 12.6. The molecule has 1 heterocycles. The standard InChI is InChI=1S/C14H9NO3S.C12H22O2Si2.C8H5F2NOS/c1-2-11-7-9-12(10-8-11)15-19(16)17-13-5-3-4-6-14(13)18-19;1-15(2,3)13-11-9-7-8-10-12(11)14-16(4,5)6;1-2-7-3-5-8(6-4-7)11-13(9,10)12/h1,3-10H;7-10H,1-6H3;1,3-6H. The molecule has 0 saturated carbocycles. The van der Waals surface area contributed by atoms with E-state index in [0.717, 1.165) is 17.1 Å². The Morgan fingerprint density at radius 3 is 1.40 bits per heavy atom. The minimum atomic E-state index is -5.07. The zero-order valence-corrected chi connectivity index (χ0v) is 30.9. The molecule has 0 saturated heterocycles. The third kappa shape index (κ3) is 13.3. The first kappa shape index (κ1) is 37.8. The number of halogens is 2. The number of terminal acetylenes is 2. The molecule has 0 amide bonds. The number of hydrogen-bond donors (Lipinski definition) is 0. The minimum absolute atomic E-state index is 0.0472. The minimum Gasteiger partial charge on any atom is -0.542 e. The summed E-state index contributed by atoms with van der Waals surface area (Å²) in [5.41, 5.74) is 1.72. The number of rotatable bonds is 6. The van der Waals surface area contributed by atoms with Crippen molar-refractivity contribution in [2.75, 3.05) is 0 Å². The summed E-state index contributed by atoms with van der Waals surface area (Å²) < 4.78 is 75.3. The SMILES string of the molecule is C#Cc1ccc(N=S(=O)(F)F)cc1.C#Cc1ccc(N=S2(=O)Oc3ccccc3O2)cc1.C[Si](C)(C)Oc1ccccc1O[Si](C)(C)C. The van der Waals surface area contributed by atoms with Gasteiger partial charge in [0.25, 0.3) is 0 Å². The van der Waals surface area contributed by atoms with Crippen LogP contribution in [-0.4, -0.2) is 25.1 Å². The molecule has 0 atom stereocenters. The third-order valence-corrected chi connectivity index (χ3v) is 8.72. The van der Waals surface area contributed by atoms with E-state index in [9.17, 15) is 16.2 Å². The second-order valence-corrected chi connectivity index (χ2v) is 23.1. The van der Waals surface area contributed by atoms with Gasteiger partial charge in [-0.05, 0) is 112 Å². The maximum absolute atomic E-state index is 12.3. The van der Waals surface area contributed by atoms with Crippen molar-refractivity contribution in [1.29, 1.82) is 0 Å². The smallest absolute Gasteiger partial charge is 0.393 e. The fraction of sp³-hybridized carbons (Fsp3) is 0.176. The van der Waals surface area contributed by atoms with Crippen LogP contribution in [0.5, 0.6) is 23.0 Å². The molecule has 0 bridgehead atoms. The Hall–Kier alpha value is -4.61. The van der Waals surface area contributed by atoms with Crippen LogP contribution in [0.15, 0.2) is 106 Å². The molecular formula is C34H36F2N2O6S2Si2. The van der Waals surface area contributed by atoms with E-state index in [1.54, 1.807) is 48.5 Å². The van der Waals surface area contributed by atoms with Crippen LogP contribution in [0.3, 0.4) is 0 Å². The molecule has 0 radical (unpaired) electrons. The van der Waals surface area contributed by atoms with Crippen molar-refractivity contribution in [3.63, 3.8) is 0 Å². The molecule has 1 aliphatic rings. The van der Waals surface area contributed by atoms with Crippen LogP contribution >= 0.6 is 0 Å². The van der Waals surface area contributed by atoms with Crippen molar-refractivity contribution in [3.8, 4) is 47.7 Å². The third-order valence-electron chi connectivity index (χ3n) is 5.42. The number of hydrogen-bond acceptors (Lipinski definition) is 8. The number of benzene rings is 4. The van der Waals surface area contributed by atoms with Gasteiger partial charge in [0.2, 0.25) is 16.6 Å². The van der Waals surface area contributed by atoms with E-state index in [0.29, 0.717) is 22.7 Å². The van der Waals surface area contributed by atoms with Crippen LogP contribution in [0.1, 0.15) is 11.1 Å². The topological polar surface area (TPSA) is 95.8 Å². The largest absolute Gasteiger partial charge is 0.542 e. The fourth-order valence-corrected chi connectivity index (χ4v) is 6.88. The monoisotopic (exact) mass is 726 g/mol. The van der Waals surface area contributed by atoms with Gasteiger partial charge in [0.05, 0.1) is 11.4 Å². The van der Waals surface area contributed by atoms with Crippen molar-refractivity contribution in [2.45, 2.75) is 39.3 Å². The highest BCUT2D eigenvalue weighted by Gasteiger charge is 2.26. The summed E-state index contributed by atoms with van der Waals surface area (Å²) in [6.45, 7) is 13.1. The van der Waals surface area contributed by atoms with Crippen molar-refractivity contribution >= 4 is 48.8 Å². The lowest BCUT2D eigenvalue weighted by atomic mass is 10.2. The van der Waals surface area contributed by atoms with Gasteiger partial charge in [0.1, 0.15) is 11.5 Å². The predicted molar refractivity (Wildman–Crippen MR) is 194 cm³/mol. The summed E-state index contributed by atoms with van der Waals surface area (Å²) >= 11 is 0. The van der Waals surface area contributed by atoms with Crippen LogP contribution in [0.2, 0.25) is 39.3 Å². The molecular weight excluding hydrogens is 691 g/mol. The normalized spacial score (nSPS) is 12.8. The highest BCUT2D eigenvalue weighted by atomic mass is 32.3. The average molecular weight is 727 g/mol. The van der Waals surface area contributed by atoms with Gasteiger partial charge in [-0.3, -0.25) is 0 Å². The van der Waals surface area contributed by atoms with Gasteiger partial charge in [-0.25, -0.2) is 0 Å². The Morgan fingerprint density at radius 2 is 1.04 bits per heavy atom. The van der Waals surface area contributed by atoms with E-state index in [1.165, 1.54) is 24.3 Å². The predicted octanol–water partition coefficient (Wildman–Crippen LogP) is 9.72. The molecule has 0 fully saturated rings. The van der Waals surface area contributed by atoms with Crippen molar-refractivity contribution in [2.24, 2.45) is 8.73 Å². The lowest BCUT2D eigenvalue weighted by Gasteiger charge is -2.25. The summed E-state index contributed by atoms with van der Waals surface area (Å²) in [5, 5.41) is 0. The van der Waals surface area contributed by atoms with Gasteiger partial charge in [-0.1, -0.05) is 43.9 Å². The van der Waals surface area contributed by atoms with E-state index in [-0.39, 0.29) is 5.69 Å². The Balaban J connectivity index is 0.000000199. The van der Waals surface area contributed by atoms with Gasteiger partial charge in [-0.2, -0.15) is 8.42 Å². The van der Waals surface area contributed by atoms with Crippen LogP contribution in [-0.2, 0) is 20.8 Å². The lowest BCUT2D eigenvalue weighted by Crippen LogP contribution is -2.32. The molecule has 8 nitrogen and oxygen atoms in total. The molecule has 48 heavy (non-hydrogen) atoms. The quantitative estimate of drug-likeness (QED) is 0.112. The van der Waals surface area contributed by atoms with Crippen LogP contribution in [0, 0.1) is 24.7 Å². The molecule has 0 spiro atoms. The van der Waals surface area contributed by atoms with E-state index >= 15 is 0 Å². The van der Waals surface area contributed by atoms with Gasteiger partial charge < -0.3 is 17.2 Å². The van der Waals surface area contributed by atoms with Crippen molar-refractivity contribution in [1.82, 2.24) is 0 Å². The second kappa shape index (κ2) is 16.0. The zero-order chi connectivity index (χ0) is 35.6. The van der Waals surface area contributed by atoms with Crippen LogP contribution in [0.4, 0.5) is 19.1 Å². The van der Waals surface area contributed by atoms with E-state index < -0.39 is 37.4 Å². The van der Waals surface area contributed by atoms with E-state index in [2.05, 4.69) is 59.8 Å². The molecule has 14 heteroatoms. The fourth-order valence-electron chi connectivity index (χ4n) is 3.64. The van der Waals surface area contributed by atoms with Gasteiger partial charge in [0, 0.05) is 11.1 Å². The number of para-hydroxylation sites is 4. The molecule has 5 rings (SSSR count). The van der Waals surface area contributed by atoms with Gasteiger partial charge in [0.15, 0.2) is 11.5 Å². The van der Waals surface area contributed by atoms with Gasteiger partial charge in [-0.15, -0.1) is 21.6 Å². The zero-order valence-electron chi connectivity index (χ0n) is 27.3. The first-order chi connectivity index (χ1) is 22.4. The maximum Gasteiger partial charge on any atom is 0.393 e. The lowest BCUT2D eigenvalue weighted by molar-refractivity contribution is 0.489. The highest BCUT2D eigenvalue weighted by molar-refractivity contribution is 7.85. The maximum atomic E-state index is 12.3. The van der Waals surface area contributed by atoms with Gasteiger partial charge >= 0.3 is 20.8 Å². The van der Waals surface area contributed by atoms with Crippen LogP contribution < -0.4 is 17.2 Å². The van der Waals surface area contributed by atoms with E-state index in [1.807, 2.05) is 24.3 Å². The Labute approximate surface area is 285 Å². The molecule has 0 aliphatic carbocycles. The Bertz CT molecular complexity index is 1980. The summed E-state index contributed by atoms with van der Waals surface area (Å²) in [4.78, 5) is 0. The molecule has 252 valence electrons. The molecule has 1 aliphatic heterocycles. The summed E-state index contributed by atoms with van der Waals surface area (Å²) in [7, 11) is -11.4. The van der Waals surface area contributed by atoms with Crippen LogP contribution in [0.25, 0.3) is 0 Å². The number of nitrogens with zero attached hydrogens (tertiary/aromatic N) is 2. The average Bonchev–Trinajstić information content (AvgIpc) is 3.33.